The predicted octanol–water partition coefficient (Wildman–Crippen LogP) is -1.39. The Bertz CT molecular complexity index is 437. The molecule has 1 rings (SSSR count). The van der Waals surface area contributed by atoms with E-state index in [1.54, 1.807) is 6.92 Å². The fourth-order valence-electron chi connectivity index (χ4n) is 1.82. The molecule has 1 unspecified atom stereocenters. The van der Waals surface area contributed by atoms with Gasteiger partial charge >= 0.3 is 17.8 Å². The number of hydrogen-bond acceptors (Lipinski definition) is 4. The highest BCUT2D eigenvalue weighted by Gasteiger charge is 2.33. The number of likely N-dealkylation sites (N-methyl/N-ethyl adjacent to an activating group) is 2. The van der Waals surface area contributed by atoms with Crippen molar-refractivity contribution in [2.24, 2.45) is 0 Å². The first kappa shape index (κ1) is 15.9. The molecule has 0 radical (unpaired) electrons. The van der Waals surface area contributed by atoms with Crippen LogP contribution in [-0.4, -0.2) is 82.8 Å². The summed E-state index contributed by atoms with van der Waals surface area (Å²) in [5.74, 6) is -2.98. The SMILES string of the molecule is CCN1CCN(CC(=O)N(C)C(C)C(=O)O)C(=O)C1=O. The summed E-state index contributed by atoms with van der Waals surface area (Å²) in [5.41, 5.74) is 0. The number of carboxylic acids is 1. The zero-order valence-electron chi connectivity index (χ0n) is 11.8. The summed E-state index contributed by atoms with van der Waals surface area (Å²) >= 11 is 0. The van der Waals surface area contributed by atoms with Crippen LogP contribution >= 0.6 is 0 Å². The third-order valence-corrected chi connectivity index (χ3v) is 3.44. The van der Waals surface area contributed by atoms with Gasteiger partial charge < -0.3 is 19.8 Å². The van der Waals surface area contributed by atoms with Gasteiger partial charge in [0.15, 0.2) is 0 Å². The Labute approximate surface area is 116 Å². The molecule has 1 fully saturated rings. The van der Waals surface area contributed by atoms with Crippen LogP contribution in [0.25, 0.3) is 0 Å². The zero-order valence-corrected chi connectivity index (χ0v) is 11.8. The summed E-state index contributed by atoms with van der Waals surface area (Å²) in [5, 5.41) is 8.83. The third kappa shape index (κ3) is 3.25. The topological polar surface area (TPSA) is 98.2 Å². The van der Waals surface area contributed by atoms with Crippen LogP contribution in [0.4, 0.5) is 0 Å². The van der Waals surface area contributed by atoms with E-state index in [1.807, 2.05) is 0 Å². The van der Waals surface area contributed by atoms with E-state index < -0.39 is 29.7 Å². The van der Waals surface area contributed by atoms with E-state index in [0.29, 0.717) is 13.1 Å². The van der Waals surface area contributed by atoms with Crippen molar-refractivity contribution < 1.29 is 24.3 Å². The number of carbonyl (C=O) groups is 4. The van der Waals surface area contributed by atoms with Gasteiger partial charge in [0, 0.05) is 26.7 Å². The van der Waals surface area contributed by atoms with Crippen LogP contribution < -0.4 is 0 Å². The van der Waals surface area contributed by atoms with Crippen molar-refractivity contribution >= 4 is 23.7 Å². The molecule has 0 saturated carbocycles. The largest absolute Gasteiger partial charge is 0.480 e. The summed E-state index contributed by atoms with van der Waals surface area (Å²) in [6.45, 7) is 3.97. The average molecular weight is 285 g/mol. The lowest BCUT2D eigenvalue weighted by atomic mass is 10.2. The molecule has 1 aliphatic heterocycles. The summed E-state index contributed by atoms with van der Waals surface area (Å²) in [4.78, 5) is 49.8. The minimum absolute atomic E-state index is 0.277. The van der Waals surface area contributed by atoms with Crippen LogP contribution in [0.15, 0.2) is 0 Å². The smallest absolute Gasteiger partial charge is 0.326 e. The molecule has 0 aliphatic carbocycles. The summed E-state index contributed by atoms with van der Waals surface area (Å²) in [6.07, 6.45) is 0. The Morgan fingerprint density at radius 2 is 1.75 bits per heavy atom. The molecule has 1 saturated heterocycles. The zero-order chi connectivity index (χ0) is 15.4. The normalized spacial score (nSPS) is 17.1. The molecule has 0 aromatic carbocycles. The number of carbonyl (C=O) groups excluding carboxylic acids is 3. The second-order valence-corrected chi connectivity index (χ2v) is 4.63. The first-order valence-corrected chi connectivity index (χ1v) is 6.36. The first-order chi connectivity index (χ1) is 9.29. The molecule has 1 atom stereocenters. The molecule has 0 bridgehead atoms. The molecule has 1 N–H and O–H groups in total. The molecule has 0 spiro atoms. The maximum Gasteiger partial charge on any atom is 0.326 e. The minimum atomic E-state index is -1.13. The van der Waals surface area contributed by atoms with Gasteiger partial charge in [0.1, 0.15) is 12.6 Å². The van der Waals surface area contributed by atoms with Crippen LogP contribution in [-0.2, 0) is 19.2 Å². The van der Waals surface area contributed by atoms with Crippen LogP contribution in [0, 0.1) is 0 Å². The van der Waals surface area contributed by atoms with E-state index in [9.17, 15) is 19.2 Å². The number of hydrogen-bond donors (Lipinski definition) is 1. The van der Waals surface area contributed by atoms with E-state index in [4.69, 9.17) is 5.11 Å². The van der Waals surface area contributed by atoms with Crippen LogP contribution in [0.2, 0.25) is 0 Å². The Balaban J connectivity index is 2.65. The monoisotopic (exact) mass is 285 g/mol. The molecule has 112 valence electrons. The van der Waals surface area contributed by atoms with Crippen molar-refractivity contribution in [3.8, 4) is 0 Å². The van der Waals surface area contributed by atoms with Crippen LogP contribution in [0.1, 0.15) is 13.8 Å². The maximum atomic E-state index is 11.9. The van der Waals surface area contributed by atoms with E-state index >= 15 is 0 Å². The number of carboxylic acid groups (broad SMARTS) is 1. The van der Waals surface area contributed by atoms with Crippen molar-refractivity contribution in [2.75, 3.05) is 33.2 Å². The molecular weight excluding hydrogens is 266 g/mol. The van der Waals surface area contributed by atoms with E-state index in [2.05, 4.69) is 0 Å². The van der Waals surface area contributed by atoms with E-state index in [1.165, 1.54) is 18.9 Å². The van der Waals surface area contributed by atoms with Crippen molar-refractivity contribution in [2.45, 2.75) is 19.9 Å². The number of piperazine rings is 1. The Morgan fingerprint density at radius 3 is 2.25 bits per heavy atom. The molecule has 0 aromatic heterocycles. The van der Waals surface area contributed by atoms with Crippen molar-refractivity contribution in [1.82, 2.24) is 14.7 Å². The van der Waals surface area contributed by atoms with Crippen molar-refractivity contribution in [1.29, 1.82) is 0 Å². The highest BCUT2D eigenvalue weighted by Crippen LogP contribution is 2.06. The van der Waals surface area contributed by atoms with Gasteiger partial charge in [-0.1, -0.05) is 0 Å². The fourth-order valence-corrected chi connectivity index (χ4v) is 1.82. The third-order valence-electron chi connectivity index (χ3n) is 3.44. The van der Waals surface area contributed by atoms with Gasteiger partial charge in [-0.2, -0.15) is 0 Å². The highest BCUT2D eigenvalue weighted by molar-refractivity contribution is 6.35. The molecule has 0 aromatic rings. The Kier molecular flexibility index (Phi) is 5.06. The summed E-state index contributed by atoms with van der Waals surface area (Å²) in [6, 6.07) is -0.981. The van der Waals surface area contributed by atoms with Gasteiger partial charge in [-0.05, 0) is 13.8 Å². The fraction of sp³-hybridized carbons (Fsp3) is 0.667. The summed E-state index contributed by atoms with van der Waals surface area (Å²) < 4.78 is 0. The number of nitrogens with zero attached hydrogens (tertiary/aromatic N) is 3. The lowest BCUT2D eigenvalue weighted by Crippen LogP contribution is -2.56. The van der Waals surface area contributed by atoms with Gasteiger partial charge in [0.05, 0.1) is 0 Å². The van der Waals surface area contributed by atoms with Crippen molar-refractivity contribution in [3.05, 3.63) is 0 Å². The van der Waals surface area contributed by atoms with Gasteiger partial charge in [0.2, 0.25) is 5.91 Å². The van der Waals surface area contributed by atoms with Gasteiger partial charge in [-0.25, -0.2) is 4.79 Å². The second kappa shape index (κ2) is 6.36. The van der Waals surface area contributed by atoms with Crippen molar-refractivity contribution in [3.63, 3.8) is 0 Å². The van der Waals surface area contributed by atoms with Gasteiger partial charge in [-0.15, -0.1) is 0 Å². The Hall–Kier alpha value is -2.12. The lowest BCUT2D eigenvalue weighted by molar-refractivity contribution is -0.158. The van der Waals surface area contributed by atoms with Gasteiger partial charge in [0.25, 0.3) is 0 Å². The van der Waals surface area contributed by atoms with E-state index in [0.717, 1.165) is 9.80 Å². The lowest BCUT2D eigenvalue weighted by Gasteiger charge is -2.33. The molecule has 1 aliphatic rings. The standard InChI is InChI=1S/C12H19N3O5/c1-4-14-5-6-15(11(18)10(14)17)7-9(16)13(3)8(2)12(19)20/h8H,4-7H2,1-3H3,(H,19,20). The molecule has 1 heterocycles. The molecule has 20 heavy (non-hydrogen) atoms. The highest BCUT2D eigenvalue weighted by atomic mass is 16.4. The predicted molar refractivity (Wildman–Crippen MR) is 68.7 cm³/mol. The number of amides is 3. The quantitative estimate of drug-likeness (QED) is 0.627. The molecule has 8 heteroatoms. The Morgan fingerprint density at radius 1 is 1.25 bits per heavy atom. The van der Waals surface area contributed by atoms with Crippen LogP contribution in [0.3, 0.4) is 0 Å². The first-order valence-electron chi connectivity index (χ1n) is 6.36. The second-order valence-electron chi connectivity index (χ2n) is 4.63. The van der Waals surface area contributed by atoms with Gasteiger partial charge in [-0.3, -0.25) is 14.4 Å². The molecule has 3 amide bonds. The maximum absolute atomic E-state index is 11.9. The average Bonchev–Trinajstić information content (AvgIpc) is 2.42. The van der Waals surface area contributed by atoms with E-state index in [-0.39, 0.29) is 13.1 Å². The molecule has 8 nitrogen and oxygen atoms in total. The van der Waals surface area contributed by atoms with Crippen LogP contribution in [0.5, 0.6) is 0 Å². The summed E-state index contributed by atoms with van der Waals surface area (Å²) in [7, 11) is 1.36. The number of rotatable bonds is 5. The minimum Gasteiger partial charge on any atom is -0.480 e. The number of aliphatic carboxylic acids is 1. The molecular formula is C12H19N3O5.